The number of aromatic nitrogens is 1. The predicted molar refractivity (Wildman–Crippen MR) is 37.1 cm³/mol. The summed E-state index contributed by atoms with van der Waals surface area (Å²) in [6.07, 6.45) is 3.11. The molecule has 1 nitrogen and oxygen atoms in total. The van der Waals surface area contributed by atoms with E-state index in [2.05, 4.69) is 0 Å². The van der Waals surface area contributed by atoms with Crippen LogP contribution in [0.15, 0.2) is 30.6 Å². The Morgan fingerprint density at radius 1 is 1.30 bits per heavy atom. The molecule has 10 heavy (non-hydrogen) atoms. The van der Waals surface area contributed by atoms with Crippen LogP contribution in [0.4, 0.5) is 4.39 Å². The first-order valence-corrected chi connectivity index (χ1v) is 3.44. The van der Waals surface area contributed by atoms with Gasteiger partial charge in [-0.05, 0) is 0 Å². The molecule has 1 aromatic heterocycles. The molecule has 54 valence electrons. The molecular formula is C8H11FN+. The lowest BCUT2D eigenvalue weighted by Gasteiger charge is -1.97. The van der Waals surface area contributed by atoms with E-state index in [4.69, 9.17) is 0 Å². The van der Waals surface area contributed by atoms with Crippen molar-refractivity contribution in [2.75, 3.05) is 0 Å². The van der Waals surface area contributed by atoms with Crippen molar-refractivity contribution in [3.8, 4) is 0 Å². The molecule has 0 fully saturated rings. The SMILES string of the molecule is CCC(F)[n+]1ccccc1. The molecular weight excluding hydrogens is 129 g/mol. The zero-order chi connectivity index (χ0) is 7.40. The Morgan fingerprint density at radius 3 is 2.40 bits per heavy atom. The minimum absolute atomic E-state index is 0.522. The number of halogens is 1. The largest absolute Gasteiger partial charge is 0.298 e. The van der Waals surface area contributed by atoms with Crippen molar-refractivity contribution < 1.29 is 8.96 Å². The van der Waals surface area contributed by atoms with Crippen LogP contribution >= 0.6 is 0 Å². The van der Waals surface area contributed by atoms with Crippen LogP contribution in [-0.2, 0) is 0 Å². The summed E-state index contributed by atoms with van der Waals surface area (Å²) in [6.45, 7) is 1.82. The molecule has 0 N–H and O–H groups in total. The van der Waals surface area contributed by atoms with E-state index in [1.165, 1.54) is 0 Å². The lowest BCUT2D eigenvalue weighted by atomic mass is 10.4. The summed E-state index contributed by atoms with van der Waals surface area (Å²) < 4.78 is 14.4. The fraction of sp³-hybridized carbons (Fsp3) is 0.375. The molecule has 0 aromatic carbocycles. The maximum absolute atomic E-state index is 12.8. The Kier molecular flexibility index (Phi) is 2.37. The highest BCUT2D eigenvalue weighted by atomic mass is 19.1. The van der Waals surface area contributed by atoms with Crippen LogP contribution in [0.1, 0.15) is 19.6 Å². The van der Waals surface area contributed by atoms with Crippen molar-refractivity contribution in [1.82, 2.24) is 0 Å². The summed E-state index contributed by atoms with van der Waals surface area (Å²) in [5, 5.41) is 0. The fourth-order valence-electron chi connectivity index (χ4n) is 0.810. The van der Waals surface area contributed by atoms with Gasteiger partial charge < -0.3 is 0 Å². The Hall–Kier alpha value is -0.920. The molecule has 1 aromatic rings. The Bertz CT molecular complexity index is 186. The molecule has 2 heteroatoms. The molecule has 1 rings (SSSR count). The normalized spacial score (nSPS) is 13.0. The second-order valence-corrected chi connectivity index (χ2v) is 2.17. The topological polar surface area (TPSA) is 3.88 Å². The van der Waals surface area contributed by atoms with Gasteiger partial charge in [-0.2, -0.15) is 8.96 Å². The molecule has 1 heterocycles. The number of rotatable bonds is 2. The van der Waals surface area contributed by atoms with Crippen LogP contribution < -0.4 is 4.57 Å². The zero-order valence-corrected chi connectivity index (χ0v) is 6.00. The van der Waals surface area contributed by atoms with Gasteiger partial charge in [0.25, 0.3) is 6.30 Å². The summed E-state index contributed by atoms with van der Waals surface area (Å²) >= 11 is 0. The Morgan fingerprint density at radius 2 is 1.90 bits per heavy atom. The van der Waals surface area contributed by atoms with Crippen LogP contribution in [-0.4, -0.2) is 0 Å². The molecule has 0 saturated heterocycles. The molecule has 0 bridgehead atoms. The second kappa shape index (κ2) is 3.30. The first-order valence-electron chi connectivity index (χ1n) is 3.44. The van der Waals surface area contributed by atoms with Gasteiger partial charge in [0, 0.05) is 18.6 Å². The summed E-state index contributed by atoms with van der Waals surface area (Å²) in [5.74, 6) is 0. The standard InChI is InChI=1S/C8H11FN/c1-2-8(9)10-6-4-3-5-7-10/h3-8H,2H2,1H3/q+1. The van der Waals surface area contributed by atoms with E-state index < -0.39 is 6.30 Å². The summed E-state index contributed by atoms with van der Waals surface area (Å²) in [4.78, 5) is 0. The molecule has 0 aliphatic rings. The van der Waals surface area contributed by atoms with Gasteiger partial charge in [-0.1, -0.05) is 13.0 Å². The summed E-state index contributed by atoms with van der Waals surface area (Å²) in [5.41, 5.74) is 0. The quantitative estimate of drug-likeness (QED) is 0.552. The predicted octanol–water partition coefficient (Wildman–Crippen LogP) is 1.85. The first kappa shape index (κ1) is 7.19. The highest BCUT2D eigenvalue weighted by Crippen LogP contribution is 2.00. The number of pyridine rings is 1. The minimum atomic E-state index is -0.874. The van der Waals surface area contributed by atoms with E-state index in [9.17, 15) is 4.39 Å². The van der Waals surface area contributed by atoms with Crippen molar-refractivity contribution in [1.29, 1.82) is 0 Å². The lowest BCUT2D eigenvalue weighted by molar-refractivity contribution is -0.747. The van der Waals surface area contributed by atoms with E-state index in [1.54, 1.807) is 17.0 Å². The molecule has 1 atom stereocenters. The fourth-order valence-corrected chi connectivity index (χ4v) is 0.810. The average molecular weight is 140 g/mol. The molecule has 0 aliphatic carbocycles. The third kappa shape index (κ3) is 1.53. The van der Waals surface area contributed by atoms with Gasteiger partial charge in [0.2, 0.25) is 0 Å². The van der Waals surface area contributed by atoms with E-state index in [0.29, 0.717) is 6.42 Å². The van der Waals surface area contributed by atoms with Gasteiger partial charge >= 0.3 is 0 Å². The average Bonchev–Trinajstić information content (AvgIpc) is 2.05. The molecule has 0 spiro atoms. The van der Waals surface area contributed by atoms with E-state index in [0.717, 1.165) is 0 Å². The van der Waals surface area contributed by atoms with E-state index in [1.807, 2.05) is 25.1 Å². The van der Waals surface area contributed by atoms with Crippen molar-refractivity contribution in [3.05, 3.63) is 30.6 Å². The second-order valence-electron chi connectivity index (χ2n) is 2.17. The molecule has 1 unspecified atom stereocenters. The highest BCUT2D eigenvalue weighted by Gasteiger charge is 2.10. The smallest absolute Gasteiger partial charge is 0.175 e. The van der Waals surface area contributed by atoms with Crippen molar-refractivity contribution in [2.24, 2.45) is 0 Å². The van der Waals surface area contributed by atoms with Gasteiger partial charge in [0.1, 0.15) is 0 Å². The Balaban J connectivity index is 2.75. The molecule has 0 aliphatic heterocycles. The summed E-state index contributed by atoms with van der Waals surface area (Å²) in [7, 11) is 0. The number of alkyl halides is 1. The first-order chi connectivity index (χ1) is 4.84. The van der Waals surface area contributed by atoms with Gasteiger partial charge in [0.15, 0.2) is 12.4 Å². The maximum atomic E-state index is 12.8. The molecule has 0 amide bonds. The van der Waals surface area contributed by atoms with Crippen LogP contribution in [0.3, 0.4) is 0 Å². The highest BCUT2D eigenvalue weighted by molar-refractivity contribution is 4.83. The molecule has 0 radical (unpaired) electrons. The van der Waals surface area contributed by atoms with Gasteiger partial charge in [0.05, 0.1) is 0 Å². The maximum Gasteiger partial charge on any atom is 0.298 e. The lowest BCUT2D eigenvalue weighted by Crippen LogP contribution is -2.35. The van der Waals surface area contributed by atoms with E-state index in [-0.39, 0.29) is 0 Å². The minimum Gasteiger partial charge on any atom is -0.175 e. The number of hydrogen-bond donors (Lipinski definition) is 0. The van der Waals surface area contributed by atoms with Crippen LogP contribution in [0.25, 0.3) is 0 Å². The van der Waals surface area contributed by atoms with Gasteiger partial charge in [-0.15, -0.1) is 0 Å². The zero-order valence-electron chi connectivity index (χ0n) is 6.00. The van der Waals surface area contributed by atoms with E-state index >= 15 is 0 Å². The van der Waals surface area contributed by atoms with Crippen molar-refractivity contribution in [2.45, 2.75) is 19.6 Å². The van der Waals surface area contributed by atoms with Crippen LogP contribution in [0, 0.1) is 0 Å². The number of nitrogens with zero attached hydrogens (tertiary/aromatic N) is 1. The van der Waals surface area contributed by atoms with Crippen molar-refractivity contribution in [3.63, 3.8) is 0 Å². The monoisotopic (exact) mass is 140 g/mol. The third-order valence-electron chi connectivity index (χ3n) is 1.40. The van der Waals surface area contributed by atoms with Crippen LogP contribution in [0.5, 0.6) is 0 Å². The summed E-state index contributed by atoms with van der Waals surface area (Å²) in [6, 6.07) is 5.52. The third-order valence-corrected chi connectivity index (χ3v) is 1.40. The van der Waals surface area contributed by atoms with Crippen molar-refractivity contribution >= 4 is 0 Å². The van der Waals surface area contributed by atoms with Gasteiger partial charge in [-0.3, -0.25) is 0 Å². The Labute approximate surface area is 60.1 Å². The number of hydrogen-bond acceptors (Lipinski definition) is 0. The molecule has 0 saturated carbocycles. The van der Waals surface area contributed by atoms with Crippen LogP contribution in [0.2, 0.25) is 0 Å². The van der Waals surface area contributed by atoms with Gasteiger partial charge in [-0.25, -0.2) is 0 Å².